The van der Waals surface area contributed by atoms with E-state index >= 15 is 0 Å². The van der Waals surface area contributed by atoms with Crippen molar-refractivity contribution in [1.82, 2.24) is 4.90 Å². The highest BCUT2D eigenvalue weighted by atomic mass is 16.1. The molecule has 17 heavy (non-hydrogen) atoms. The lowest BCUT2D eigenvalue weighted by atomic mass is 9.93. The van der Waals surface area contributed by atoms with E-state index in [2.05, 4.69) is 37.8 Å². The summed E-state index contributed by atoms with van der Waals surface area (Å²) in [5, 5.41) is 0. The Morgan fingerprint density at radius 2 is 2.00 bits per heavy atom. The number of hydrogen-bond donors (Lipinski definition) is 0. The fourth-order valence-electron chi connectivity index (χ4n) is 1.94. The zero-order valence-corrected chi connectivity index (χ0v) is 12.2. The summed E-state index contributed by atoms with van der Waals surface area (Å²) in [6.07, 6.45) is 6.33. The van der Waals surface area contributed by atoms with Gasteiger partial charge in [0.1, 0.15) is 5.78 Å². The van der Waals surface area contributed by atoms with Crippen LogP contribution in [0.4, 0.5) is 0 Å². The average molecular weight is 237 g/mol. The molecule has 2 heteroatoms. The second-order valence-corrected chi connectivity index (χ2v) is 4.76. The summed E-state index contributed by atoms with van der Waals surface area (Å²) in [6.45, 7) is 11.0. The van der Waals surface area contributed by atoms with Crippen molar-refractivity contribution in [2.24, 2.45) is 0 Å². The van der Waals surface area contributed by atoms with Gasteiger partial charge in [0.15, 0.2) is 0 Å². The van der Waals surface area contributed by atoms with Crippen molar-refractivity contribution in [3.63, 3.8) is 0 Å². The third kappa shape index (κ3) is 5.31. The third-order valence-corrected chi connectivity index (χ3v) is 2.84. The minimum Gasteiger partial charge on any atom is -0.298 e. The van der Waals surface area contributed by atoms with Crippen LogP contribution < -0.4 is 0 Å². The zero-order chi connectivity index (χ0) is 13.4. The molecule has 0 aliphatic carbocycles. The van der Waals surface area contributed by atoms with Crippen LogP contribution in [0.2, 0.25) is 0 Å². The summed E-state index contributed by atoms with van der Waals surface area (Å²) in [4.78, 5) is 13.5. The molecule has 1 aliphatic rings. The van der Waals surface area contributed by atoms with Crippen molar-refractivity contribution >= 4 is 5.78 Å². The first-order valence-corrected chi connectivity index (χ1v) is 6.49. The second kappa shape index (κ2) is 8.24. The molecule has 0 amide bonds. The van der Waals surface area contributed by atoms with Crippen LogP contribution in [-0.4, -0.2) is 30.3 Å². The van der Waals surface area contributed by atoms with E-state index in [0.717, 1.165) is 13.0 Å². The van der Waals surface area contributed by atoms with Crippen LogP contribution in [0.15, 0.2) is 23.3 Å². The Balaban J connectivity index is 0.000000770. The molecular weight excluding hydrogens is 210 g/mol. The third-order valence-electron chi connectivity index (χ3n) is 2.84. The van der Waals surface area contributed by atoms with Crippen molar-refractivity contribution < 1.29 is 4.79 Å². The molecule has 0 saturated heterocycles. The first kappa shape index (κ1) is 16.1. The Labute approximate surface area is 106 Å². The van der Waals surface area contributed by atoms with Crippen molar-refractivity contribution in [2.45, 2.75) is 53.5 Å². The molecule has 0 fully saturated rings. The van der Waals surface area contributed by atoms with Gasteiger partial charge in [0.2, 0.25) is 0 Å². The predicted molar refractivity (Wildman–Crippen MR) is 75.2 cm³/mol. The summed E-state index contributed by atoms with van der Waals surface area (Å²) in [6, 6.07) is 0.0870. The molecule has 1 unspecified atom stereocenters. The smallest absolute Gasteiger partial charge is 0.147 e. The number of nitrogens with zero attached hydrogens (tertiary/aromatic N) is 1. The lowest BCUT2D eigenvalue weighted by molar-refractivity contribution is -0.121. The van der Waals surface area contributed by atoms with Crippen LogP contribution in [0.5, 0.6) is 0 Å². The predicted octanol–water partition coefficient (Wildman–Crippen LogP) is 3.59. The number of carbonyl (C=O) groups excluding carboxylic acids is 1. The van der Waals surface area contributed by atoms with Gasteiger partial charge in [-0.3, -0.25) is 9.69 Å². The van der Waals surface area contributed by atoms with E-state index in [1.807, 2.05) is 14.0 Å². The van der Waals surface area contributed by atoms with Crippen molar-refractivity contribution in [2.75, 3.05) is 13.6 Å². The fourth-order valence-corrected chi connectivity index (χ4v) is 1.94. The molecule has 1 atom stereocenters. The molecule has 0 bridgehead atoms. The highest BCUT2D eigenvalue weighted by Crippen LogP contribution is 2.22. The lowest BCUT2D eigenvalue weighted by Gasteiger charge is -2.32. The van der Waals surface area contributed by atoms with Gasteiger partial charge in [-0.05, 0) is 39.8 Å². The van der Waals surface area contributed by atoms with E-state index in [1.165, 1.54) is 17.6 Å². The number of Topliss-reactive ketones (excluding diaryl/α,β-unsaturated/α-hetero) is 1. The van der Waals surface area contributed by atoms with Gasteiger partial charge in [-0.15, -0.1) is 0 Å². The SMILES string of the molecule is C/C=C\C1=C(C)CC(C(C)=O)N(C)C1.CCC. The Hall–Kier alpha value is -0.890. The van der Waals surface area contributed by atoms with Crippen molar-refractivity contribution in [3.8, 4) is 0 Å². The van der Waals surface area contributed by atoms with Gasteiger partial charge in [0.25, 0.3) is 0 Å². The maximum absolute atomic E-state index is 11.3. The van der Waals surface area contributed by atoms with Gasteiger partial charge >= 0.3 is 0 Å². The van der Waals surface area contributed by atoms with Gasteiger partial charge < -0.3 is 0 Å². The fraction of sp³-hybridized carbons (Fsp3) is 0.667. The van der Waals surface area contributed by atoms with E-state index in [-0.39, 0.29) is 11.8 Å². The van der Waals surface area contributed by atoms with Gasteiger partial charge in [-0.25, -0.2) is 0 Å². The van der Waals surface area contributed by atoms with Crippen LogP contribution in [-0.2, 0) is 4.79 Å². The minimum absolute atomic E-state index is 0.0870. The average Bonchev–Trinajstić information content (AvgIpc) is 2.24. The molecule has 0 aromatic heterocycles. The first-order chi connectivity index (χ1) is 7.97. The van der Waals surface area contributed by atoms with Crippen molar-refractivity contribution in [3.05, 3.63) is 23.3 Å². The highest BCUT2D eigenvalue weighted by Gasteiger charge is 2.25. The molecule has 2 nitrogen and oxygen atoms in total. The Morgan fingerprint density at radius 3 is 2.41 bits per heavy atom. The number of rotatable bonds is 2. The molecule has 98 valence electrons. The van der Waals surface area contributed by atoms with Crippen LogP contribution >= 0.6 is 0 Å². The van der Waals surface area contributed by atoms with Gasteiger partial charge in [0.05, 0.1) is 6.04 Å². The number of allylic oxidation sites excluding steroid dienone is 1. The zero-order valence-electron chi connectivity index (χ0n) is 12.2. The second-order valence-electron chi connectivity index (χ2n) is 4.76. The van der Waals surface area contributed by atoms with Gasteiger partial charge in [-0.1, -0.05) is 38.0 Å². The van der Waals surface area contributed by atoms with E-state index in [0.29, 0.717) is 0 Å². The molecule has 0 spiro atoms. The highest BCUT2D eigenvalue weighted by molar-refractivity contribution is 5.82. The lowest BCUT2D eigenvalue weighted by Crippen LogP contribution is -2.41. The number of carbonyl (C=O) groups is 1. The number of ketones is 1. The number of likely N-dealkylation sites (N-methyl/N-ethyl adjacent to an activating group) is 1. The van der Waals surface area contributed by atoms with E-state index < -0.39 is 0 Å². The molecule has 1 aliphatic heterocycles. The number of hydrogen-bond acceptors (Lipinski definition) is 2. The minimum atomic E-state index is 0.0870. The monoisotopic (exact) mass is 237 g/mol. The Bertz CT molecular complexity index is 302. The molecule has 0 N–H and O–H groups in total. The van der Waals surface area contributed by atoms with Crippen LogP contribution in [0, 0.1) is 0 Å². The van der Waals surface area contributed by atoms with E-state index in [4.69, 9.17) is 0 Å². The van der Waals surface area contributed by atoms with Crippen molar-refractivity contribution in [1.29, 1.82) is 0 Å². The summed E-state index contributed by atoms with van der Waals surface area (Å²) < 4.78 is 0. The van der Waals surface area contributed by atoms with Crippen LogP contribution in [0.1, 0.15) is 47.5 Å². The summed E-state index contributed by atoms with van der Waals surface area (Å²) in [5.41, 5.74) is 2.70. The Kier molecular flexibility index (Phi) is 7.81. The molecule has 1 rings (SSSR count). The van der Waals surface area contributed by atoms with Gasteiger partial charge in [0, 0.05) is 6.54 Å². The Morgan fingerprint density at radius 1 is 1.47 bits per heavy atom. The standard InChI is InChI=1S/C12H19NO.C3H8/c1-5-6-11-8-13(4)12(10(3)14)7-9(11)2;1-3-2/h5-6,12H,7-8H2,1-4H3;3H2,1-2H3/b6-5-;. The van der Waals surface area contributed by atoms with Gasteiger partial charge in [-0.2, -0.15) is 0 Å². The van der Waals surface area contributed by atoms with E-state index in [9.17, 15) is 4.79 Å². The molecule has 0 aromatic carbocycles. The topological polar surface area (TPSA) is 20.3 Å². The van der Waals surface area contributed by atoms with E-state index in [1.54, 1.807) is 6.92 Å². The molecular formula is C15H27NO. The molecule has 1 heterocycles. The van der Waals surface area contributed by atoms with Crippen LogP contribution in [0.3, 0.4) is 0 Å². The summed E-state index contributed by atoms with van der Waals surface area (Å²) in [5.74, 6) is 0.270. The first-order valence-electron chi connectivity index (χ1n) is 6.49. The molecule has 0 saturated carbocycles. The summed E-state index contributed by atoms with van der Waals surface area (Å²) in [7, 11) is 2.02. The van der Waals surface area contributed by atoms with Crippen LogP contribution in [0.25, 0.3) is 0 Å². The largest absolute Gasteiger partial charge is 0.298 e. The normalized spacial score (nSPS) is 21.4. The summed E-state index contributed by atoms with van der Waals surface area (Å²) >= 11 is 0. The maximum Gasteiger partial charge on any atom is 0.147 e. The quantitative estimate of drug-likeness (QED) is 0.731. The molecule has 0 aromatic rings. The maximum atomic E-state index is 11.3. The molecule has 0 radical (unpaired) electrons.